The van der Waals surface area contributed by atoms with E-state index in [-0.39, 0.29) is 0 Å². The minimum atomic E-state index is 1.15. The molecule has 0 aliphatic rings. The van der Waals surface area contributed by atoms with Crippen LogP contribution in [0.2, 0.25) is 0 Å². The van der Waals surface area contributed by atoms with Crippen LogP contribution in [0.4, 0.5) is 17.1 Å². The van der Waals surface area contributed by atoms with Crippen LogP contribution in [0, 0.1) is 0 Å². The third-order valence-electron chi connectivity index (χ3n) is 8.77. The third-order valence-corrected chi connectivity index (χ3v) is 9.96. The second-order valence-corrected chi connectivity index (χ2v) is 12.4. The second kappa shape index (κ2) is 10.5. The van der Waals surface area contributed by atoms with Gasteiger partial charge in [-0.1, -0.05) is 109 Å². The molecule has 0 atom stereocenters. The maximum atomic E-state index is 2.40. The summed E-state index contributed by atoms with van der Waals surface area (Å²) in [5.74, 6) is 0. The minimum Gasteiger partial charge on any atom is -0.309 e. The van der Waals surface area contributed by atoms with Gasteiger partial charge >= 0.3 is 0 Å². The Hall–Kier alpha value is -5.64. The summed E-state index contributed by atoms with van der Waals surface area (Å²) < 4.78 is 4.97. The van der Waals surface area contributed by atoms with Crippen LogP contribution >= 0.6 is 11.3 Å². The number of hydrogen-bond acceptors (Lipinski definition) is 2. The number of benzene rings is 7. The number of hydrogen-bond donors (Lipinski definition) is 0. The van der Waals surface area contributed by atoms with Crippen molar-refractivity contribution in [3.8, 4) is 16.8 Å². The molecule has 3 heteroatoms. The van der Waals surface area contributed by atoms with Crippen LogP contribution < -0.4 is 4.90 Å². The van der Waals surface area contributed by atoms with Gasteiger partial charge in [0.25, 0.3) is 0 Å². The Morgan fingerprint density at radius 3 is 1.84 bits per heavy atom. The molecule has 0 bridgehead atoms. The van der Waals surface area contributed by atoms with Gasteiger partial charge in [0.1, 0.15) is 0 Å². The summed E-state index contributed by atoms with van der Waals surface area (Å²) in [5, 5.41) is 5.13. The Balaban J connectivity index is 1.29. The first-order chi connectivity index (χ1) is 22.3. The molecule has 7 aromatic carbocycles. The highest BCUT2D eigenvalue weighted by atomic mass is 32.1. The summed E-state index contributed by atoms with van der Waals surface area (Å²) in [6.45, 7) is 0. The van der Waals surface area contributed by atoms with E-state index < -0.39 is 0 Å². The molecule has 0 fully saturated rings. The summed E-state index contributed by atoms with van der Waals surface area (Å²) in [6, 6.07) is 61.2. The van der Waals surface area contributed by atoms with Gasteiger partial charge in [-0.2, -0.15) is 0 Å². The van der Waals surface area contributed by atoms with E-state index in [0.717, 1.165) is 11.4 Å². The Labute approximate surface area is 265 Å². The van der Waals surface area contributed by atoms with Gasteiger partial charge in [-0.25, -0.2) is 0 Å². The third kappa shape index (κ3) is 4.16. The lowest BCUT2D eigenvalue weighted by molar-refractivity contribution is 1.18. The number of nitrogens with zero attached hydrogens (tertiary/aromatic N) is 2. The molecule has 212 valence electrons. The average molecular weight is 593 g/mol. The van der Waals surface area contributed by atoms with Gasteiger partial charge in [0.2, 0.25) is 0 Å². The fourth-order valence-corrected chi connectivity index (χ4v) is 8.06. The largest absolute Gasteiger partial charge is 0.309 e. The number of fused-ring (bicyclic) bond motifs is 6. The normalized spacial score (nSPS) is 11.6. The summed E-state index contributed by atoms with van der Waals surface area (Å²) in [7, 11) is 0. The Bertz CT molecular complexity index is 2440. The van der Waals surface area contributed by atoms with Crippen LogP contribution in [-0.4, -0.2) is 4.57 Å². The predicted octanol–water partition coefficient (Wildman–Crippen LogP) is 12.3. The molecular formula is C42H28N2S. The van der Waals surface area contributed by atoms with E-state index in [1.54, 1.807) is 0 Å². The fourth-order valence-electron chi connectivity index (χ4n) is 6.82. The summed E-state index contributed by atoms with van der Waals surface area (Å²) in [6.07, 6.45) is 0. The van der Waals surface area contributed by atoms with E-state index in [0.29, 0.717) is 0 Å². The Morgan fingerprint density at radius 1 is 0.467 bits per heavy atom. The molecule has 0 aliphatic carbocycles. The van der Waals surface area contributed by atoms with E-state index in [1.165, 1.54) is 64.5 Å². The van der Waals surface area contributed by atoms with Crippen molar-refractivity contribution in [2.45, 2.75) is 0 Å². The number of anilines is 3. The van der Waals surface area contributed by atoms with Crippen LogP contribution in [0.5, 0.6) is 0 Å². The first-order valence-electron chi connectivity index (χ1n) is 15.3. The highest BCUT2D eigenvalue weighted by Crippen LogP contribution is 2.47. The van der Waals surface area contributed by atoms with E-state index in [1.807, 2.05) is 11.3 Å². The van der Waals surface area contributed by atoms with Gasteiger partial charge < -0.3 is 9.47 Å². The first-order valence-corrected chi connectivity index (χ1v) is 16.1. The van der Waals surface area contributed by atoms with Gasteiger partial charge in [-0.15, -0.1) is 11.3 Å². The summed E-state index contributed by atoms with van der Waals surface area (Å²) in [5.41, 5.74) is 9.58. The number of thiophene rings is 1. The molecule has 0 unspecified atom stereocenters. The monoisotopic (exact) mass is 592 g/mol. The fraction of sp³-hybridized carbons (Fsp3) is 0. The first kappa shape index (κ1) is 25.8. The zero-order chi connectivity index (χ0) is 29.7. The molecule has 9 rings (SSSR count). The molecule has 2 nitrogen and oxygen atoms in total. The van der Waals surface area contributed by atoms with Crippen molar-refractivity contribution in [1.29, 1.82) is 0 Å². The van der Waals surface area contributed by atoms with E-state index >= 15 is 0 Å². The lowest BCUT2D eigenvalue weighted by Gasteiger charge is -2.26. The standard InChI is InChI=1S/C42H28N2S/c1-4-14-30(15-5-1)43(31-16-6-2-7-17-31)38-24-12-22-36-41-33(21-13-25-40(41)45-42(36)38)29-26-27-35-34-20-10-11-23-37(34)44(39(35)28-29)32-18-8-3-9-19-32/h1-28H. The highest BCUT2D eigenvalue weighted by Gasteiger charge is 2.20. The molecule has 45 heavy (non-hydrogen) atoms. The van der Waals surface area contributed by atoms with E-state index in [2.05, 4.69) is 179 Å². The predicted molar refractivity (Wildman–Crippen MR) is 194 cm³/mol. The van der Waals surface area contributed by atoms with Crippen molar-refractivity contribution in [3.63, 3.8) is 0 Å². The lowest BCUT2D eigenvalue weighted by atomic mass is 9.98. The SMILES string of the molecule is c1ccc(N(c2ccccc2)c2cccc3c2sc2cccc(-c4ccc5c6ccccc6n(-c6ccccc6)c5c4)c23)cc1. The van der Waals surface area contributed by atoms with Gasteiger partial charge in [0.05, 0.1) is 21.4 Å². The second-order valence-electron chi connectivity index (χ2n) is 11.4. The maximum Gasteiger partial charge on any atom is 0.0640 e. The molecule has 0 saturated carbocycles. The zero-order valence-corrected chi connectivity index (χ0v) is 25.3. The van der Waals surface area contributed by atoms with Crippen molar-refractivity contribution in [1.82, 2.24) is 4.57 Å². The molecule has 0 aliphatic heterocycles. The zero-order valence-electron chi connectivity index (χ0n) is 24.5. The minimum absolute atomic E-state index is 1.15. The molecular weight excluding hydrogens is 565 g/mol. The topological polar surface area (TPSA) is 8.17 Å². The van der Waals surface area contributed by atoms with Crippen LogP contribution in [0.1, 0.15) is 0 Å². The Kier molecular flexibility index (Phi) is 6.03. The maximum absolute atomic E-state index is 2.40. The van der Waals surface area contributed by atoms with Crippen LogP contribution in [0.3, 0.4) is 0 Å². The van der Waals surface area contributed by atoms with E-state index in [9.17, 15) is 0 Å². The molecule has 0 amide bonds. The average Bonchev–Trinajstić information content (AvgIpc) is 3.66. The van der Waals surface area contributed by atoms with Crippen molar-refractivity contribution < 1.29 is 0 Å². The molecule has 2 aromatic heterocycles. The van der Waals surface area contributed by atoms with Gasteiger partial charge in [-0.3, -0.25) is 0 Å². The van der Waals surface area contributed by atoms with Crippen LogP contribution in [0.25, 0.3) is 58.8 Å². The van der Waals surface area contributed by atoms with Gasteiger partial charge in [0, 0.05) is 43.3 Å². The molecule has 0 spiro atoms. The van der Waals surface area contributed by atoms with E-state index in [4.69, 9.17) is 0 Å². The van der Waals surface area contributed by atoms with Crippen molar-refractivity contribution in [3.05, 3.63) is 170 Å². The number of aromatic nitrogens is 1. The van der Waals surface area contributed by atoms with Gasteiger partial charge in [-0.05, 0) is 71.8 Å². The quantitative estimate of drug-likeness (QED) is 0.193. The molecule has 0 radical (unpaired) electrons. The van der Waals surface area contributed by atoms with Crippen molar-refractivity contribution in [2.75, 3.05) is 4.90 Å². The Morgan fingerprint density at radius 2 is 1.09 bits per heavy atom. The summed E-state index contributed by atoms with van der Waals surface area (Å²) in [4.78, 5) is 2.38. The molecule has 0 saturated heterocycles. The number of rotatable bonds is 5. The summed E-state index contributed by atoms with van der Waals surface area (Å²) >= 11 is 1.88. The lowest BCUT2D eigenvalue weighted by Crippen LogP contribution is -2.09. The smallest absolute Gasteiger partial charge is 0.0640 e. The van der Waals surface area contributed by atoms with Crippen molar-refractivity contribution in [2.24, 2.45) is 0 Å². The molecule has 0 N–H and O–H groups in total. The molecule has 9 aromatic rings. The van der Waals surface area contributed by atoms with Crippen molar-refractivity contribution >= 4 is 70.4 Å². The number of para-hydroxylation sites is 4. The molecule has 2 heterocycles. The van der Waals surface area contributed by atoms with Gasteiger partial charge in [0.15, 0.2) is 0 Å². The van der Waals surface area contributed by atoms with Crippen LogP contribution in [-0.2, 0) is 0 Å². The highest BCUT2D eigenvalue weighted by molar-refractivity contribution is 7.26. The van der Waals surface area contributed by atoms with Crippen LogP contribution in [0.15, 0.2) is 170 Å².